The molecule has 0 aliphatic carbocycles. The van der Waals surface area contributed by atoms with Gasteiger partial charge in [-0.25, -0.2) is 0 Å². The van der Waals surface area contributed by atoms with E-state index in [1.165, 1.54) is 0 Å². The molecule has 126 valence electrons. The van der Waals surface area contributed by atoms with Crippen LogP contribution < -0.4 is 4.90 Å². The molecule has 1 aromatic carbocycles. The summed E-state index contributed by atoms with van der Waals surface area (Å²) in [6, 6.07) is 7.51. The van der Waals surface area contributed by atoms with Gasteiger partial charge in [-0.2, -0.15) is 0 Å². The van der Waals surface area contributed by atoms with Crippen molar-refractivity contribution >= 4 is 17.4 Å². The van der Waals surface area contributed by atoms with E-state index in [2.05, 4.69) is 4.90 Å². The Balaban J connectivity index is 2.05. The Morgan fingerprint density at radius 2 is 1.78 bits per heavy atom. The highest BCUT2D eigenvalue weighted by Gasteiger charge is 2.31. The number of carboxylic acids is 1. The number of piperidine rings is 1. The van der Waals surface area contributed by atoms with Crippen molar-refractivity contribution in [3.8, 4) is 0 Å². The molecule has 2 rings (SSSR count). The van der Waals surface area contributed by atoms with E-state index in [9.17, 15) is 9.59 Å². The number of benzene rings is 1. The number of hydrogen-bond donors (Lipinski definition) is 1. The van der Waals surface area contributed by atoms with Crippen LogP contribution >= 0.6 is 0 Å². The minimum Gasteiger partial charge on any atom is -0.481 e. The van der Waals surface area contributed by atoms with E-state index < -0.39 is 5.97 Å². The van der Waals surface area contributed by atoms with E-state index in [0.717, 1.165) is 17.7 Å². The van der Waals surface area contributed by atoms with Crippen molar-refractivity contribution in [1.82, 2.24) is 4.90 Å². The van der Waals surface area contributed by atoms with Crippen LogP contribution in [0.25, 0.3) is 0 Å². The lowest BCUT2D eigenvalue weighted by molar-refractivity contribution is -0.143. The van der Waals surface area contributed by atoms with Crippen LogP contribution in [0.1, 0.15) is 36.5 Å². The van der Waals surface area contributed by atoms with Gasteiger partial charge in [-0.15, -0.1) is 0 Å². The first kappa shape index (κ1) is 17.5. The van der Waals surface area contributed by atoms with E-state index in [0.29, 0.717) is 25.9 Å². The van der Waals surface area contributed by atoms with Crippen LogP contribution in [0.3, 0.4) is 0 Å². The second kappa shape index (κ2) is 7.59. The SMILES string of the molecule is CCC(C(=O)c1ccc(N(C)C)cc1)N1CCC(C(=O)O)CC1. The number of likely N-dealkylation sites (tertiary alicyclic amines) is 1. The summed E-state index contributed by atoms with van der Waals surface area (Å²) < 4.78 is 0. The third kappa shape index (κ3) is 4.10. The van der Waals surface area contributed by atoms with Gasteiger partial charge < -0.3 is 10.0 Å². The van der Waals surface area contributed by atoms with Crippen LogP contribution in [0.15, 0.2) is 24.3 Å². The zero-order chi connectivity index (χ0) is 17.0. The Hall–Kier alpha value is -1.88. The Morgan fingerprint density at radius 1 is 1.22 bits per heavy atom. The van der Waals surface area contributed by atoms with Gasteiger partial charge in [0.15, 0.2) is 5.78 Å². The molecule has 0 spiro atoms. The first-order valence-corrected chi connectivity index (χ1v) is 8.22. The molecule has 0 bridgehead atoms. The first-order chi connectivity index (χ1) is 10.9. The number of carboxylic acid groups (broad SMARTS) is 1. The van der Waals surface area contributed by atoms with Gasteiger partial charge in [0.25, 0.3) is 0 Å². The minimum atomic E-state index is -0.719. The third-order valence-corrected chi connectivity index (χ3v) is 4.68. The van der Waals surface area contributed by atoms with Gasteiger partial charge in [-0.3, -0.25) is 14.5 Å². The van der Waals surface area contributed by atoms with Crippen molar-refractivity contribution in [2.75, 3.05) is 32.1 Å². The number of nitrogens with zero attached hydrogens (tertiary/aromatic N) is 2. The summed E-state index contributed by atoms with van der Waals surface area (Å²) >= 11 is 0. The largest absolute Gasteiger partial charge is 0.481 e. The predicted molar refractivity (Wildman–Crippen MR) is 91.1 cm³/mol. The zero-order valence-electron chi connectivity index (χ0n) is 14.2. The minimum absolute atomic E-state index is 0.131. The van der Waals surface area contributed by atoms with Gasteiger partial charge in [0.2, 0.25) is 0 Å². The van der Waals surface area contributed by atoms with Gasteiger partial charge in [0.1, 0.15) is 0 Å². The number of rotatable bonds is 6. The average Bonchev–Trinajstić information content (AvgIpc) is 2.56. The smallest absolute Gasteiger partial charge is 0.306 e. The topological polar surface area (TPSA) is 60.9 Å². The maximum absolute atomic E-state index is 12.8. The van der Waals surface area contributed by atoms with Gasteiger partial charge in [0, 0.05) is 25.3 Å². The van der Waals surface area contributed by atoms with Crippen LogP contribution in [0.4, 0.5) is 5.69 Å². The van der Waals surface area contributed by atoms with Gasteiger partial charge in [-0.05, 0) is 56.6 Å². The molecular weight excluding hydrogens is 292 g/mol. The third-order valence-electron chi connectivity index (χ3n) is 4.68. The number of Topliss-reactive ketones (excluding diaryl/α,β-unsaturated/α-hetero) is 1. The quantitative estimate of drug-likeness (QED) is 0.817. The lowest BCUT2D eigenvalue weighted by atomic mass is 9.93. The summed E-state index contributed by atoms with van der Waals surface area (Å²) in [5.41, 5.74) is 1.79. The highest BCUT2D eigenvalue weighted by atomic mass is 16.4. The Labute approximate surface area is 137 Å². The molecule has 1 fully saturated rings. The number of aliphatic carboxylic acids is 1. The lowest BCUT2D eigenvalue weighted by Crippen LogP contribution is -2.46. The van der Waals surface area contributed by atoms with E-state index in [1.807, 2.05) is 50.2 Å². The summed E-state index contributed by atoms with van der Waals surface area (Å²) in [5, 5.41) is 9.09. The molecule has 23 heavy (non-hydrogen) atoms. The molecule has 1 N–H and O–H groups in total. The molecule has 1 aromatic rings. The van der Waals surface area contributed by atoms with Crippen molar-refractivity contribution < 1.29 is 14.7 Å². The van der Waals surface area contributed by atoms with E-state index in [1.54, 1.807) is 0 Å². The monoisotopic (exact) mass is 318 g/mol. The van der Waals surface area contributed by atoms with Crippen molar-refractivity contribution in [2.45, 2.75) is 32.2 Å². The number of hydrogen-bond acceptors (Lipinski definition) is 4. The summed E-state index contributed by atoms with van der Waals surface area (Å²) in [6.07, 6.45) is 1.99. The van der Waals surface area contributed by atoms with Gasteiger partial charge >= 0.3 is 5.97 Å². The molecule has 0 amide bonds. The average molecular weight is 318 g/mol. The normalized spacial score (nSPS) is 17.7. The fourth-order valence-electron chi connectivity index (χ4n) is 3.18. The van der Waals surface area contributed by atoms with Gasteiger partial charge in [0.05, 0.1) is 12.0 Å². The standard InChI is InChI=1S/C18H26N2O3/c1-4-16(20-11-9-14(10-12-20)18(22)23)17(21)13-5-7-15(8-6-13)19(2)3/h5-8,14,16H,4,9-12H2,1-3H3,(H,22,23). The molecule has 1 saturated heterocycles. The molecule has 1 aliphatic rings. The summed E-state index contributed by atoms with van der Waals surface area (Å²) in [5.74, 6) is -0.854. The van der Waals surface area contributed by atoms with Crippen LogP contribution in [0.2, 0.25) is 0 Å². The highest BCUT2D eigenvalue weighted by molar-refractivity contribution is 6.00. The van der Waals surface area contributed by atoms with E-state index in [-0.39, 0.29) is 17.7 Å². The number of anilines is 1. The summed E-state index contributed by atoms with van der Waals surface area (Å²) in [7, 11) is 3.94. The Bertz CT molecular complexity index is 546. The van der Waals surface area contributed by atoms with Crippen molar-refractivity contribution in [1.29, 1.82) is 0 Å². The molecule has 0 aromatic heterocycles. The second-order valence-corrected chi connectivity index (χ2v) is 6.38. The number of ketones is 1. The molecule has 0 saturated carbocycles. The van der Waals surface area contributed by atoms with Crippen LogP contribution in [-0.4, -0.2) is 55.0 Å². The van der Waals surface area contributed by atoms with E-state index in [4.69, 9.17) is 5.11 Å². The zero-order valence-corrected chi connectivity index (χ0v) is 14.2. The Morgan fingerprint density at radius 3 is 2.22 bits per heavy atom. The second-order valence-electron chi connectivity index (χ2n) is 6.38. The first-order valence-electron chi connectivity index (χ1n) is 8.22. The summed E-state index contributed by atoms with van der Waals surface area (Å²) in [6.45, 7) is 3.37. The van der Waals surface area contributed by atoms with Crippen molar-refractivity contribution in [3.05, 3.63) is 29.8 Å². The number of carbonyl (C=O) groups excluding carboxylic acids is 1. The summed E-state index contributed by atoms with van der Waals surface area (Å²) in [4.78, 5) is 28.0. The predicted octanol–water partition coefficient (Wildman–Crippen LogP) is 2.51. The molecule has 5 heteroatoms. The van der Waals surface area contributed by atoms with Gasteiger partial charge in [-0.1, -0.05) is 6.92 Å². The molecule has 0 radical (unpaired) electrons. The highest BCUT2D eigenvalue weighted by Crippen LogP contribution is 2.23. The van der Waals surface area contributed by atoms with Crippen LogP contribution in [0, 0.1) is 5.92 Å². The molecule has 1 aliphatic heterocycles. The maximum atomic E-state index is 12.8. The lowest BCUT2D eigenvalue weighted by Gasteiger charge is -2.35. The molecular formula is C18H26N2O3. The molecule has 5 nitrogen and oxygen atoms in total. The Kier molecular flexibility index (Phi) is 5.77. The van der Waals surface area contributed by atoms with Crippen molar-refractivity contribution in [2.24, 2.45) is 5.92 Å². The van der Waals surface area contributed by atoms with E-state index >= 15 is 0 Å². The van der Waals surface area contributed by atoms with Crippen LogP contribution in [0.5, 0.6) is 0 Å². The fraction of sp³-hybridized carbons (Fsp3) is 0.556. The maximum Gasteiger partial charge on any atom is 0.306 e. The fourth-order valence-corrected chi connectivity index (χ4v) is 3.18. The molecule has 1 unspecified atom stereocenters. The molecule has 1 atom stereocenters. The molecule has 1 heterocycles. The van der Waals surface area contributed by atoms with Crippen molar-refractivity contribution in [3.63, 3.8) is 0 Å². The number of carbonyl (C=O) groups is 2. The van der Waals surface area contributed by atoms with Crippen LogP contribution in [-0.2, 0) is 4.79 Å².